The summed E-state index contributed by atoms with van der Waals surface area (Å²) < 4.78 is 15.8. The first-order valence-corrected chi connectivity index (χ1v) is 10.1. The molecule has 0 saturated heterocycles. The van der Waals surface area contributed by atoms with Crippen LogP contribution in [0.1, 0.15) is 38.3 Å². The molecule has 0 fully saturated rings. The van der Waals surface area contributed by atoms with Gasteiger partial charge in [0.15, 0.2) is 0 Å². The zero-order chi connectivity index (χ0) is 21.3. The van der Waals surface area contributed by atoms with Crippen molar-refractivity contribution in [2.45, 2.75) is 33.9 Å². The summed E-state index contributed by atoms with van der Waals surface area (Å²) in [5, 5.41) is 4.05. The first-order chi connectivity index (χ1) is 14.4. The van der Waals surface area contributed by atoms with Gasteiger partial charge in [0, 0.05) is 35.2 Å². The maximum atomic E-state index is 13.6. The van der Waals surface area contributed by atoms with Gasteiger partial charge in [0.2, 0.25) is 0 Å². The number of carbonyl (C=O) groups excluding carboxylic acids is 1. The van der Waals surface area contributed by atoms with Crippen LogP contribution in [0.2, 0.25) is 0 Å². The monoisotopic (exact) mass is 400 g/mol. The largest absolute Gasteiger partial charge is 0.348 e. The van der Waals surface area contributed by atoms with Gasteiger partial charge >= 0.3 is 0 Å². The third-order valence-corrected chi connectivity index (χ3v) is 5.67. The van der Waals surface area contributed by atoms with Crippen LogP contribution in [0.15, 0.2) is 66.7 Å². The average Bonchev–Trinajstić information content (AvgIpc) is 2.96. The molecule has 4 aromatic rings. The molecule has 1 amide bonds. The van der Waals surface area contributed by atoms with Crippen molar-refractivity contribution >= 4 is 16.8 Å². The van der Waals surface area contributed by atoms with Crippen LogP contribution < -0.4 is 5.32 Å². The van der Waals surface area contributed by atoms with Crippen molar-refractivity contribution in [3.63, 3.8) is 0 Å². The third kappa shape index (κ3) is 3.99. The topological polar surface area (TPSA) is 34.0 Å². The molecule has 3 nitrogen and oxygen atoms in total. The summed E-state index contributed by atoms with van der Waals surface area (Å²) in [6.45, 7) is 7.25. The Labute approximate surface area is 176 Å². The first kappa shape index (κ1) is 19.9. The number of fused-ring (bicyclic) bond motifs is 1. The smallest absolute Gasteiger partial charge is 0.251 e. The number of halogens is 1. The Kier molecular flexibility index (Phi) is 5.40. The fourth-order valence-corrected chi connectivity index (χ4v) is 3.92. The number of carbonyl (C=O) groups is 1. The van der Waals surface area contributed by atoms with Crippen LogP contribution in [-0.4, -0.2) is 10.5 Å². The number of hydrogen-bond donors (Lipinski definition) is 1. The second-order valence-corrected chi connectivity index (χ2v) is 7.83. The Bertz CT molecular complexity index is 1240. The normalized spacial score (nSPS) is 11.1. The lowest BCUT2D eigenvalue weighted by atomic mass is 10.1. The van der Waals surface area contributed by atoms with E-state index in [1.807, 2.05) is 49.4 Å². The Balaban J connectivity index is 1.59. The maximum absolute atomic E-state index is 13.6. The highest BCUT2D eigenvalue weighted by molar-refractivity contribution is 5.99. The van der Waals surface area contributed by atoms with E-state index >= 15 is 0 Å². The molecule has 0 radical (unpaired) electrons. The predicted molar refractivity (Wildman–Crippen MR) is 119 cm³/mol. The Morgan fingerprint density at radius 2 is 1.70 bits per heavy atom. The highest BCUT2D eigenvalue weighted by Crippen LogP contribution is 2.27. The van der Waals surface area contributed by atoms with Crippen molar-refractivity contribution in [2.75, 3.05) is 0 Å². The molecular formula is C26H25FN2O. The van der Waals surface area contributed by atoms with Crippen LogP contribution in [-0.2, 0) is 13.1 Å². The number of rotatable bonds is 5. The van der Waals surface area contributed by atoms with E-state index < -0.39 is 0 Å². The lowest BCUT2D eigenvalue weighted by Crippen LogP contribution is -2.22. The number of benzene rings is 3. The zero-order valence-corrected chi connectivity index (χ0v) is 17.5. The summed E-state index contributed by atoms with van der Waals surface area (Å²) in [4.78, 5) is 12.7. The summed E-state index contributed by atoms with van der Waals surface area (Å²) in [5.74, 6) is -0.320. The number of aryl methyl sites for hydroxylation is 2. The van der Waals surface area contributed by atoms with Gasteiger partial charge in [0.05, 0.1) is 0 Å². The molecule has 1 heterocycles. The molecule has 1 N–H and O–H groups in total. The van der Waals surface area contributed by atoms with Gasteiger partial charge in [-0.2, -0.15) is 0 Å². The molecule has 30 heavy (non-hydrogen) atoms. The second kappa shape index (κ2) is 8.15. The highest BCUT2D eigenvalue weighted by atomic mass is 19.1. The van der Waals surface area contributed by atoms with E-state index in [4.69, 9.17) is 0 Å². The van der Waals surface area contributed by atoms with Gasteiger partial charge in [0.1, 0.15) is 5.82 Å². The molecule has 0 aliphatic heterocycles. The summed E-state index contributed by atoms with van der Waals surface area (Å²) in [6.07, 6.45) is 0. The standard InChI is InChI=1S/C26H25FN2O/c1-17-6-4-7-20(12-17)15-28-26(30)22-10-11-25-24(14-22)18(2)19(3)29(25)16-21-8-5-9-23(27)13-21/h4-14H,15-16H2,1-3H3,(H,28,30). The van der Waals surface area contributed by atoms with E-state index in [1.54, 1.807) is 12.1 Å². The molecular weight excluding hydrogens is 375 g/mol. The summed E-state index contributed by atoms with van der Waals surface area (Å²) in [7, 11) is 0. The Morgan fingerprint density at radius 1 is 0.933 bits per heavy atom. The summed E-state index contributed by atoms with van der Waals surface area (Å²) >= 11 is 0. The molecule has 1 aromatic heterocycles. The van der Waals surface area contributed by atoms with Crippen LogP contribution in [0.5, 0.6) is 0 Å². The summed E-state index contributed by atoms with van der Waals surface area (Å²) in [5.41, 5.74) is 7.11. The molecule has 0 aliphatic rings. The Morgan fingerprint density at radius 3 is 2.47 bits per heavy atom. The zero-order valence-electron chi connectivity index (χ0n) is 17.5. The summed E-state index contributed by atoms with van der Waals surface area (Å²) in [6, 6.07) is 20.6. The molecule has 4 heteroatoms. The van der Waals surface area contributed by atoms with E-state index in [1.165, 1.54) is 11.6 Å². The van der Waals surface area contributed by atoms with Gasteiger partial charge in [-0.05, 0) is 67.8 Å². The van der Waals surface area contributed by atoms with Crippen molar-refractivity contribution in [2.24, 2.45) is 0 Å². The van der Waals surface area contributed by atoms with Crippen LogP contribution in [0.25, 0.3) is 10.9 Å². The van der Waals surface area contributed by atoms with Crippen molar-refractivity contribution in [3.8, 4) is 0 Å². The first-order valence-electron chi connectivity index (χ1n) is 10.1. The van der Waals surface area contributed by atoms with Crippen LogP contribution in [0, 0.1) is 26.6 Å². The van der Waals surface area contributed by atoms with Crippen LogP contribution in [0.4, 0.5) is 4.39 Å². The molecule has 0 aliphatic carbocycles. The fraction of sp³-hybridized carbons (Fsp3) is 0.192. The predicted octanol–water partition coefficient (Wildman–Crippen LogP) is 5.68. The fourth-order valence-electron chi connectivity index (χ4n) is 3.92. The van der Waals surface area contributed by atoms with Gasteiger partial charge in [-0.15, -0.1) is 0 Å². The van der Waals surface area contributed by atoms with Gasteiger partial charge in [0.25, 0.3) is 5.91 Å². The lowest BCUT2D eigenvalue weighted by Gasteiger charge is -2.10. The number of hydrogen-bond acceptors (Lipinski definition) is 1. The molecule has 0 atom stereocenters. The number of aromatic nitrogens is 1. The number of nitrogens with zero attached hydrogens (tertiary/aromatic N) is 1. The van der Waals surface area contributed by atoms with Crippen molar-refractivity contribution in [1.29, 1.82) is 0 Å². The van der Waals surface area contributed by atoms with E-state index in [9.17, 15) is 9.18 Å². The molecule has 0 saturated carbocycles. The molecule has 0 unspecified atom stereocenters. The van der Waals surface area contributed by atoms with E-state index in [-0.39, 0.29) is 11.7 Å². The highest BCUT2D eigenvalue weighted by Gasteiger charge is 2.14. The van der Waals surface area contributed by atoms with E-state index in [2.05, 4.69) is 29.8 Å². The Hall–Kier alpha value is -3.40. The van der Waals surface area contributed by atoms with Crippen LogP contribution in [0.3, 0.4) is 0 Å². The second-order valence-electron chi connectivity index (χ2n) is 7.83. The van der Waals surface area contributed by atoms with Gasteiger partial charge in [-0.3, -0.25) is 4.79 Å². The minimum Gasteiger partial charge on any atom is -0.348 e. The number of amides is 1. The third-order valence-electron chi connectivity index (χ3n) is 5.67. The van der Waals surface area contributed by atoms with Gasteiger partial charge in [-0.1, -0.05) is 42.0 Å². The molecule has 3 aromatic carbocycles. The molecule has 152 valence electrons. The van der Waals surface area contributed by atoms with Crippen molar-refractivity contribution in [3.05, 3.63) is 106 Å². The van der Waals surface area contributed by atoms with Crippen molar-refractivity contribution in [1.82, 2.24) is 9.88 Å². The van der Waals surface area contributed by atoms with Crippen LogP contribution >= 0.6 is 0 Å². The van der Waals surface area contributed by atoms with E-state index in [0.717, 1.165) is 33.3 Å². The minimum atomic E-state index is -0.231. The molecule has 4 rings (SSSR count). The van der Waals surface area contributed by atoms with Gasteiger partial charge < -0.3 is 9.88 Å². The van der Waals surface area contributed by atoms with Gasteiger partial charge in [-0.25, -0.2) is 4.39 Å². The maximum Gasteiger partial charge on any atom is 0.251 e. The lowest BCUT2D eigenvalue weighted by molar-refractivity contribution is 0.0951. The van der Waals surface area contributed by atoms with E-state index in [0.29, 0.717) is 18.7 Å². The molecule has 0 spiro atoms. The quantitative estimate of drug-likeness (QED) is 0.459. The number of nitrogens with one attached hydrogen (secondary N) is 1. The van der Waals surface area contributed by atoms with Crippen molar-refractivity contribution < 1.29 is 9.18 Å². The molecule has 0 bridgehead atoms. The SMILES string of the molecule is Cc1cccc(CNC(=O)c2ccc3c(c2)c(C)c(C)n3Cc2cccc(F)c2)c1. The minimum absolute atomic E-state index is 0.0895. The average molecular weight is 400 g/mol.